The van der Waals surface area contributed by atoms with Gasteiger partial charge in [0.15, 0.2) is 5.16 Å². The zero-order valence-electron chi connectivity index (χ0n) is 16.0. The number of rotatable bonds is 7. The van der Waals surface area contributed by atoms with Crippen molar-refractivity contribution in [2.45, 2.75) is 18.5 Å². The van der Waals surface area contributed by atoms with Crippen LogP contribution in [0, 0.1) is 12.7 Å². The number of amides is 2. The topological polar surface area (TPSA) is 88.9 Å². The normalized spacial score (nSPS) is 10.6. The molecule has 0 saturated heterocycles. The fraction of sp³-hybridized carbons (Fsp3) is 0.200. The quantitative estimate of drug-likeness (QED) is 0.581. The Morgan fingerprint density at radius 3 is 2.48 bits per heavy atom. The van der Waals surface area contributed by atoms with Crippen LogP contribution in [0.25, 0.3) is 0 Å². The molecule has 1 heterocycles. The van der Waals surface area contributed by atoms with Crippen molar-refractivity contribution in [2.75, 3.05) is 16.4 Å². The first-order chi connectivity index (χ1) is 13.9. The molecule has 0 fully saturated rings. The molecule has 0 saturated carbocycles. The van der Waals surface area contributed by atoms with Crippen LogP contribution in [0.2, 0.25) is 0 Å². The Labute approximate surface area is 171 Å². The number of para-hydroxylation sites is 1. The van der Waals surface area contributed by atoms with Crippen molar-refractivity contribution in [3.63, 3.8) is 0 Å². The van der Waals surface area contributed by atoms with Crippen LogP contribution in [0.1, 0.15) is 11.4 Å². The number of hydrogen-bond donors (Lipinski definition) is 2. The summed E-state index contributed by atoms with van der Waals surface area (Å²) in [5.74, 6) is -0.503. The Kier molecular flexibility index (Phi) is 6.61. The Morgan fingerprint density at radius 1 is 1.03 bits per heavy atom. The minimum Gasteiger partial charge on any atom is -0.325 e. The van der Waals surface area contributed by atoms with E-state index in [0.29, 0.717) is 11.0 Å². The number of halogens is 1. The maximum atomic E-state index is 13.6. The molecular formula is C20H20FN5O2S. The van der Waals surface area contributed by atoms with E-state index in [9.17, 15) is 14.0 Å². The molecule has 2 N–H and O–H groups in total. The first-order valence-electron chi connectivity index (χ1n) is 8.84. The van der Waals surface area contributed by atoms with Gasteiger partial charge in [-0.3, -0.25) is 9.59 Å². The highest BCUT2D eigenvalue weighted by atomic mass is 32.2. The van der Waals surface area contributed by atoms with Crippen LogP contribution in [0.5, 0.6) is 0 Å². The average molecular weight is 413 g/mol. The molecule has 150 valence electrons. The minimum absolute atomic E-state index is 0.0616. The lowest BCUT2D eigenvalue weighted by atomic mass is 10.2. The van der Waals surface area contributed by atoms with Crippen molar-refractivity contribution in [3.8, 4) is 0 Å². The molecule has 0 unspecified atom stereocenters. The average Bonchev–Trinajstić information content (AvgIpc) is 3.03. The van der Waals surface area contributed by atoms with Crippen molar-refractivity contribution in [3.05, 3.63) is 65.7 Å². The van der Waals surface area contributed by atoms with Gasteiger partial charge in [-0.15, -0.1) is 10.2 Å². The number of hydrogen-bond acceptors (Lipinski definition) is 5. The third-order valence-electron chi connectivity index (χ3n) is 4.06. The maximum Gasteiger partial charge on any atom is 0.234 e. The summed E-state index contributed by atoms with van der Waals surface area (Å²) >= 11 is 1.22. The molecule has 0 atom stereocenters. The third kappa shape index (κ3) is 5.64. The zero-order chi connectivity index (χ0) is 20.8. The predicted octanol–water partition coefficient (Wildman–Crippen LogP) is 3.17. The van der Waals surface area contributed by atoms with Crippen molar-refractivity contribution in [1.29, 1.82) is 0 Å². The number of benzene rings is 2. The Morgan fingerprint density at radius 2 is 1.76 bits per heavy atom. The van der Waals surface area contributed by atoms with Crippen LogP contribution >= 0.6 is 11.8 Å². The molecule has 1 aromatic heterocycles. The lowest BCUT2D eigenvalue weighted by Crippen LogP contribution is -2.18. The fourth-order valence-electron chi connectivity index (χ4n) is 2.49. The standard InChI is InChI=1S/C20H20FN5O2S/c1-13-7-9-14(10-8-13)22-19(28)12-29-20-25-24-17(26(20)2)11-18(27)23-16-6-4-3-5-15(16)21/h3-10H,11-12H2,1-2H3,(H,22,28)(H,23,27). The van der Waals surface area contributed by atoms with Gasteiger partial charge >= 0.3 is 0 Å². The van der Waals surface area contributed by atoms with Gasteiger partial charge in [0.25, 0.3) is 0 Å². The summed E-state index contributed by atoms with van der Waals surface area (Å²) in [5, 5.41) is 13.9. The summed E-state index contributed by atoms with van der Waals surface area (Å²) < 4.78 is 15.3. The summed E-state index contributed by atoms with van der Waals surface area (Å²) in [5.41, 5.74) is 1.95. The van der Waals surface area contributed by atoms with E-state index < -0.39 is 11.7 Å². The second-order valence-corrected chi connectivity index (χ2v) is 7.31. The van der Waals surface area contributed by atoms with Gasteiger partial charge in [-0.25, -0.2) is 4.39 Å². The summed E-state index contributed by atoms with van der Waals surface area (Å²) in [6.07, 6.45) is -0.0616. The number of carbonyl (C=O) groups excluding carboxylic acids is 2. The lowest BCUT2D eigenvalue weighted by Gasteiger charge is -2.07. The molecule has 9 heteroatoms. The van der Waals surface area contributed by atoms with Crippen molar-refractivity contribution in [1.82, 2.24) is 14.8 Å². The lowest BCUT2D eigenvalue weighted by molar-refractivity contribution is -0.116. The molecular weight excluding hydrogens is 393 g/mol. The summed E-state index contributed by atoms with van der Waals surface area (Å²) in [6.45, 7) is 1.98. The molecule has 7 nitrogen and oxygen atoms in total. The highest BCUT2D eigenvalue weighted by Gasteiger charge is 2.15. The second-order valence-electron chi connectivity index (χ2n) is 6.37. The first kappa shape index (κ1) is 20.5. The van der Waals surface area contributed by atoms with Crippen LogP contribution in [0.4, 0.5) is 15.8 Å². The molecule has 0 aliphatic carbocycles. The van der Waals surface area contributed by atoms with E-state index in [1.165, 1.54) is 23.9 Å². The Hall–Kier alpha value is -3.20. The summed E-state index contributed by atoms with van der Waals surface area (Å²) in [6, 6.07) is 13.5. The van der Waals surface area contributed by atoms with Gasteiger partial charge < -0.3 is 15.2 Å². The van der Waals surface area contributed by atoms with Gasteiger partial charge in [0.05, 0.1) is 17.9 Å². The van der Waals surface area contributed by atoms with E-state index in [4.69, 9.17) is 0 Å². The highest BCUT2D eigenvalue weighted by Crippen LogP contribution is 2.18. The van der Waals surface area contributed by atoms with E-state index >= 15 is 0 Å². The van der Waals surface area contributed by atoms with Gasteiger partial charge in [-0.2, -0.15) is 0 Å². The molecule has 3 aromatic rings. The first-order valence-corrected chi connectivity index (χ1v) is 9.83. The second kappa shape index (κ2) is 9.33. The SMILES string of the molecule is Cc1ccc(NC(=O)CSc2nnc(CC(=O)Nc3ccccc3F)n2C)cc1. The van der Waals surface area contributed by atoms with Gasteiger partial charge in [0.1, 0.15) is 11.6 Å². The number of anilines is 2. The van der Waals surface area contributed by atoms with Gasteiger partial charge in [0, 0.05) is 12.7 Å². The van der Waals surface area contributed by atoms with Crippen molar-refractivity contribution < 1.29 is 14.0 Å². The number of aryl methyl sites for hydroxylation is 1. The molecule has 0 aliphatic heterocycles. The van der Waals surface area contributed by atoms with E-state index in [1.54, 1.807) is 23.7 Å². The van der Waals surface area contributed by atoms with E-state index in [0.717, 1.165) is 11.3 Å². The van der Waals surface area contributed by atoms with Gasteiger partial charge in [-0.1, -0.05) is 41.6 Å². The zero-order valence-corrected chi connectivity index (χ0v) is 16.8. The number of carbonyl (C=O) groups is 2. The molecule has 2 amide bonds. The van der Waals surface area contributed by atoms with Crippen LogP contribution in [-0.4, -0.2) is 32.3 Å². The monoisotopic (exact) mass is 413 g/mol. The molecule has 29 heavy (non-hydrogen) atoms. The molecule has 0 spiro atoms. The largest absolute Gasteiger partial charge is 0.325 e. The van der Waals surface area contributed by atoms with E-state index in [2.05, 4.69) is 20.8 Å². The smallest absolute Gasteiger partial charge is 0.234 e. The number of aromatic nitrogens is 3. The van der Waals surface area contributed by atoms with Crippen LogP contribution in [0.15, 0.2) is 53.7 Å². The number of nitrogens with one attached hydrogen (secondary N) is 2. The van der Waals surface area contributed by atoms with Crippen molar-refractivity contribution in [2.24, 2.45) is 7.05 Å². The minimum atomic E-state index is -0.505. The fourth-order valence-corrected chi connectivity index (χ4v) is 3.22. The molecule has 2 aromatic carbocycles. The highest BCUT2D eigenvalue weighted by molar-refractivity contribution is 7.99. The van der Waals surface area contributed by atoms with Crippen LogP contribution < -0.4 is 10.6 Å². The van der Waals surface area contributed by atoms with Crippen LogP contribution in [0.3, 0.4) is 0 Å². The maximum absolute atomic E-state index is 13.6. The molecule has 0 radical (unpaired) electrons. The van der Waals surface area contributed by atoms with Gasteiger partial charge in [0.2, 0.25) is 11.8 Å². The Bertz CT molecular complexity index is 1020. The third-order valence-corrected chi connectivity index (χ3v) is 5.08. The van der Waals surface area contributed by atoms with E-state index in [-0.39, 0.29) is 23.8 Å². The van der Waals surface area contributed by atoms with E-state index in [1.807, 2.05) is 31.2 Å². The molecule has 3 rings (SSSR count). The predicted molar refractivity (Wildman–Crippen MR) is 110 cm³/mol. The molecule has 0 aliphatic rings. The molecule has 0 bridgehead atoms. The summed E-state index contributed by atoms with van der Waals surface area (Å²) in [4.78, 5) is 24.3. The number of nitrogens with zero attached hydrogens (tertiary/aromatic N) is 3. The Balaban J connectivity index is 1.53. The number of thioether (sulfide) groups is 1. The van der Waals surface area contributed by atoms with Crippen LogP contribution in [-0.2, 0) is 23.1 Å². The summed E-state index contributed by atoms with van der Waals surface area (Å²) in [7, 11) is 1.71. The van der Waals surface area contributed by atoms with Crippen molar-refractivity contribution >= 4 is 35.0 Å². The van der Waals surface area contributed by atoms with Gasteiger partial charge in [-0.05, 0) is 31.2 Å².